The Bertz CT molecular complexity index is 244. The van der Waals surface area contributed by atoms with Crippen LogP contribution in [0.4, 0.5) is 8.78 Å². The summed E-state index contributed by atoms with van der Waals surface area (Å²) >= 11 is 0. The fraction of sp³-hybridized carbons (Fsp3) is 0.455. The summed E-state index contributed by atoms with van der Waals surface area (Å²) in [5, 5.41) is 0. The highest BCUT2D eigenvalue weighted by atomic mass is 19.2. The molecule has 0 N–H and O–H groups in total. The van der Waals surface area contributed by atoms with Crippen LogP contribution >= 0.6 is 0 Å². The minimum absolute atomic E-state index is 0. The Balaban J connectivity index is 0. The monoisotopic (exact) mass is 188 g/mol. The second-order valence-electron chi connectivity index (χ2n) is 2.50. The average molecular weight is 188 g/mol. The molecule has 0 nitrogen and oxygen atoms in total. The Hall–Kier alpha value is -0.920. The van der Waals surface area contributed by atoms with Crippen molar-refractivity contribution in [3.8, 4) is 0 Å². The molecule has 0 saturated heterocycles. The number of benzene rings is 1. The quantitative estimate of drug-likeness (QED) is 0.652. The topological polar surface area (TPSA) is 0 Å². The van der Waals surface area contributed by atoms with Crippen LogP contribution < -0.4 is 0 Å². The van der Waals surface area contributed by atoms with E-state index < -0.39 is 11.6 Å². The van der Waals surface area contributed by atoms with Gasteiger partial charge in [0, 0.05) is 0 Å². The highest BCUT2D eigenvalue weighted by molar-refractivity contribution is 5.17. The van der Waals surface area contributed by atoms with Gasteiger partial charge in [-0.3, -0.25) is 0 Å². The van der Waals surface area contributed by atoms with E-state index in [-0.39, 0.29) is 14.9 Å². The van der Waals surface area contributed by atoms with Crippen molar-refractivity contribution in [3.05, 3.63) is 35.4 Å². The largest absolute Gasteiger partial charge is 0.204 e. The highest BCUT2D eigenvalue weighted by Crippen LogP contribution is 2.09. The summed E-state index contributed by atoms with van der Waals surface area (Å²) in [4.78, 5) is 0. The molecule has 0 unspecified atom stereocenters. The highest BCUT2D eigenvalue weighted by Gasteiger charge is 2.00. The van der Waals surface area contributed by atoms with Gasteiger partial charge >= 0.3 is 0 Å². The summed E-state index contributed by atoms with van der Waals surface area (Å²) < 4.78 is 24.9. The van der Waals surface area contributed by atoms with Gasteiger partial charge in [0.2, 0.25) is 0 Å². The summed E-state index contributed by atoms with van der Waals surface area (Å²) in [7, 11) is 0. The van der Waals surface area contributed by atoms with Crippen molar-refractivity contribution in [3.63, 3.8) is 0 Å². The van der Waals surface area contributed by atoms with Crippen LogP contribution in [0.15, 0.2) is 18.2 Å². The molecule has 0 saturated carbocycles. The van der Waals surface area contributed by atoms with Gasteiger partial charge < -0.3 is 0 Å². The summed E-state index contributed by atoms with van der Waals surface area (Å²) in [6.45, 7) is 2.00. The van der Waals surface area contributed by atoms with Crippen LogP contribution in [0.2, 0.25) is 0 Å². The van der Waals surface area contributed by atoms with Crippen molar-refractivity contribution in [2.45, 2.75) is 34.6 Å². The number of hydrogen-bond donors (Lipinski definition) is 0. The molecule has 0 amide bonds. The summed E-state index contributed by atoms with van der Waals surface area (Å²) in [6.07, 6.45) is 1.75. The Labute approximate surface area is 79.6 Å². The van der Waals surface area contributed by atoms with E-state index in [1.807, 2.05) is 6.92 Å². The third kappa shape index (κ3) is 4.02. The molecule has 1 rings (SSSR count). The lowest BCUT2D eigenvalue weighted by Gasteiger charge is -1.98. The van der Waals surface area contributed by atoms with Crippen LogP contribution in [0, 0.1) is 11.6 Å². The maximum Gasteiger partial charge on any atom is 0.159 e. The zero-order valence-corrected chi connectivity index (χ0v) is 6.40. The minimum atomic E-state index is -0.773. The van der Waals surface area contributed by atoms with Crippen molar-refractivity contribution in [2.24, 2.45) is 0 Å². The van der Waals surface area contributed by atoms with Crippen molar-refractivity contribution in [1.29, 1.82) is 0 Å². The molecule has 2 heteroatoms. The second-order valence-corrected chi connectivity index (χ2v) is 2.50. The minimum Gasteiger partial charge on any atom is -0.204 e. The van der Waals surface area contributed by atoms with Crippen molar-refractivity contribution in [2.75, 3.05) is 0 Å². The van der Waals surface area contributed by atoms with Crippen molar-refractivity contribution < 1.29 is 8.78 Å². The Kier molecular flexibility index (Phi) is 7.39. The predicted molar refractivity (Wildman–Crippen MR) is 53.8 cm³/mol. The number of hydrogen-bond acceptors (Lipinski definition) is 0. The molecule has 0 spiro atoms. The molecule has 0 aromatic heterocycles. The van der Waals surface area contributed by atoms with Gasteiger partial charge in [-0.2, -0.15) is 0 Å². The molecule has 0 aliphatic carbocycles. The maximum absolute atomic E-state index is 12.5. The van der Waals surface area contributed by atoms with Gasteiger partial charge in [0.25, 0.3) is 0 Å². The smallest absolute Gasteiger partial charge is 0.159 e. The molecule has 0 heterocycles. The maximum atomic E-state index is 12.5. The van der Waals surface area contributed by atoms with Crippen molar-refractivity contribution in [1.82, 2.24) is 0 Å². The molecule has 0 aliphatic rings. The lowest BCUT2D eigenvalue weighted by molar-refractivity contribution is 0.507. The normalized spacial score (nSPS) is 8.54. The lowest BCUT2D eigenvalue weighted by atomic mass is 10.1. The fourth-order valence-electron chi connectivity index (χ4n) is 0.984. The van der Waals surface area contributed by atoms with E-state index in [0.717, 1.165) is 18.4 Å². The van der Waals surface area contributed by atoms with Crippen LogP contribution in [0.1, 0.15) is 33.8 Å². The van der Waals surface area contributed by atoms with E-state index in [1.54, 1.807) is 6.07 Å². The number of halogens is 2. The van der Waals surface area contributed by atoms with Gasteiger partial charge in [-0.05, 0) is 24.1 Å². The third-order valence-corrected chi connectivity index (χ3v) is 1.52. The van der Waals surface area contributed by atoms with Crippen LogP contribution in [0.5, 0.6) is 0 Å². The van der Waals surface area contributed by atoms with Crippen LogP contribution in [0.3, 0.4) is 0 Å². The van der Waals surface area contributed by atoms with Gasteiger partial charge in [0.1, 0.15) is 0 Å². The van der Waals surface area contributed by atoms with Gasteiger partial charge in [-0.15, -0.1) is 0 Å². The molecular formula is C11H18F2. The first-order chi connectivity index (χ1) is 5.24. The van der Waals surface area contributed by atoms with Crippen molar-refractivity contribution >= 4 is 0 Å². The molecule has 0 radical (unpaired) electrons. The Morgan fingerprint density at radius 2 is 1.69 bits per heavy atom. The molecule has 0 bridgehead atoms. The molecule has 0 aliphatic heterocycles. The van der Waals surface area contributed by atoms with E-state index in [4.69, 9.17) is 0 Å². The van der Waals surface area contributed by atoms with Crippen LogP contribution in [-0.4, -0.2) is 0 Å². The van der Waals surface area contributed by atoms with Gasteiger partial charge in [-0.1, -0.05) is 34.3 Å². The van der Waals surface area contributed by atoms with Gasteiger partial charge in [-0.25, -0.2) is 8.78 Å². The Morgan fingerprint density at radius 1 is 1.08 bits per heavy atom. The zero-order chi connectivity index (χ0) is 8.27. The predicted octanol–water partition coefficient (Wildman–Crippen LogP) is 4.19. The van der Waals surface area contributed by atoms with E-state index in [0.29, 0.717) is 0 Å². The first kappa shape index (κ1) is 14.6. The first-order valence-corrected chi connectivity index (χ1v) is 3.68. The van der Waals surface area contributed by atoms with E-state index >= 15 is 0 Å². The standard InChI is InChI=1S/C9H10F2.2CH4/c1-2-3-7-4-5-8(10)9(11)6-7;;/h4-6H,2-3H2,1H3;2*1H4. The first-order valence-electron chi connectivity index (χ1n) is 3.68. The number of aryl methyl sites for hydroxylation is 1. The fourth-order valence-corrected chi connectivity index (χ4v) is 0.984. The summed E-state index contributed by atoms with van der Waals surface area (Å²) in [6, 6.07) is 4.03. The average Bonchev–Trinajstić information content (AvgIpc) is 1.98. The van der Waals surface area contributed by atoms with Gasteiger partial charge in [0.05, 0.1) is 0 Å². The summed E-state index contributed by atoms with van der Waals surface area (Å²) in [5.41, 5.74) is 0.853. The molecule has 1 aromatic rings. The molecular weight excluding hydrogens is 170 g/mol. The zero-order valence-electron chi connectivity index (χ0n) is 6.40. The van der Waals surface area contributed by atoms with E-state index in [1.165, 1.54) is 12.1 Å². The molecule has 1 aromatic carbocycles. The molecule has 0 atom stereocenters. The van der Waals surface area contributed by atoms with E-state index in [2.05, 4.69) is 0 Å². The SMILES string of the molecule is C.C.CCCc1ccc(F)c(F)c1. The second kappa shape index (κ2) is 6.58. The molecule has 13 heavy (non-hydrogen) atoms. The molecule has 76 valence electrons. The molecule has 0 fully saturated rings. The lowest BCUT2D eigenvalue weighted by Crippen LogP contribution is -1.88. The number of rotatable bonds is 2. The Morgan fingerprint density at radius 3 is 2.15 bits per heavy atom. The van der Waals surface area contributed by atoms with E-state index in [9.17, 15) is 8.78 Å². The third-order valence-electron chi connectivity index (χ3n) is 1.52. The van der Waals surface area contributed by atoms with Gasteiger partial charge in [0.15, 0.2) is 11.6 Å². The van der Waals surface area contributed by atoms with Crippen LogP contribution in [0.25, 0.3) is 0 Å². The van der Waals surface area contributed by atoms with Crippen LogP contribution in [-0.2, 0) is 6.42 Å². The summed E-state index contributed by atoms with van der Waals surface area (Å²) in [5.74, 6) is -1.53.